The Morgan fingerprint density at radius 1 is 1.32 bits per heavy atom. The van der Waals surface area contributed by atoms with Gasteiger partial charge < -0.3 is 4.74 Å². The molecule has 2 aromatic carbocycles. The topological polar surface area (TPSA) is 41.9 Å². The summed E-state index contributed by atoms with van der Waals surface area (Å²) >= 11 is 7.40. The highest BCUT2D eigenvalue weighted by molar-refractivity contribution is 8.14. The summed E-state index contributed by atoms with van der Waals surface area (Å²) in [4.78, 5) is 18.6. The van der Waals surface area contributed by atoms with E-state index >= 15 is 0 Å². The molecule has 4 nitrogen and oxygen atoms in total. The van der Waals surface area contributed by atoms with Crippen molar-refractivity contribution in [1.29, 1.82) is 0 Å². The van der Waals surface area contributed by atoms with Crippen molar-refractivity contribution < 1.29 is 13.9 Å². The number of amides is 1. The van der Waals surface area contributed by atoms with Crippen molar-refractivity contribution in [2.75, 3.05) is 13.2 Å². The smallest absolute Gasteiger partial charge is 0.266 e. The number of thioether (sulfide) groups is 1. The zero-order valence-corrected chi connectivity index (χ0v) is 15.1. The van der Waals surface area contributed by atoms with Crippen molar-refractivity contribution in [3.63, 3.8) is 0 Å². The Morgan fingerprint density at radius 3 is 2.76 bits per heavy atom. The van der Waals surface area contributed by atoms with E-state index in [-0.39, 0.29) is 23.5 Å². The lowest BCUT2D eigenvalue weighted by molar-refractivity contribution is -0.129. The Morgan fingerprint density at radius 2 is 2.04 bits per heavy atom. The minimum Gasteiger partial charge on any atom is -0.481 e. The van der Waals surface area contributed by atoms with Crippen molar-refractivity contribution in [3.05, 3.63) is 59.4 Å². The van der Waals surface area contributed by atoms with Gasteiger partial charge in [0, 0.05) is 16.8 Å². The monoisotopic (exact) mass is 378 g/mol. The lowest BCUT2D eigenvalue weighted by Gasteiger charge is -2.16. The van der Waals surface area contributed by atoms with Crippen LogP contribution in [0.3, 0.4) is 0 Å². The number of carbonyl (C=O) groups is 1. The van der Waals surface area contributed by atoms with E-state index in [1.54, 1.807) is 41.3 Å². The first-order chi connectivity index (χ1) is 12.0. The van der Waals surface area contributed by atoms with Crippen molar-refractivity contribution in [2.45, 2.75) is 12.2 Å². The summed E-state index contributed by atoms with van der Waals surface area (Å²) in [5.74, 6) is -0.686. The SMILES string of the molecule is C[C@@H]1CN(C(=O)COc2ccccc2F)C(=Nc2ccc(Cl)cc2)S1. The number of halogens is 2. The third-order valence-corrected chi connectivity index (χ3v) is 4.84. The Labute approximate surface area is 154 Å². The molecule has 0 aromatic heterocycles. The number of ether oxygens (including phenoxy) is 1. The summed E-state index contributed by atoms with van der Waals surface area (Å²) < 4.78 is 18.9. The van der Waals surface area contributed by atoms with E-state index in [1.165, 1.54) is 23.9 Å². The summed E-state index contributed by atoms with van der Waals surface area (Å²) in [6.07, 6.45) is 0. The lowest BCUT2D eigenvalue weighted by atomic mass is 10.3. The predicted molar refractivity (Wildman–Crippen MR) is 99.2 cm³/mol. The fraction of sp³-hybridized carbons (Fsp3) is 0.222. The van der Waals surface area contributed by atoms with Crippen LogP contribution in [-0.2, 0) is 4.79 Å². The average Bonchev–Trinajstić information content (AvgIpc) is 2.96. The van der Waals surface area contributed by atoms with Crippen LogP contribution in [0.4, 0.5) is 10.1 Å². The van der Waals surface area contributed by atoms with Crippen LogP contribution in [0.1, 0.15) is 6.92 Å². The lowest BCUT2D eigenvalue weighted by Crippen LogP contribution is -2.36. The van der Waals surface area contributed by atoms with Crippen LogP contribution >= 0.6 is 23.4 Å². The average molecular weight is 379 g/mol. The van der Waals surface area contributed by atoms with Crippen LogP contribution in [0, 0.1) is 5.82 Å². The van der Waals surface area contributed by atoms with Gasteiger partial charge >= 0.3 is 0 Å². The van der Waals surface area contributed by atoms with E-state index < -0.39 is 5.82 Å². The molecule has 1 amide bonds. The standard InChI is InChI=1S/C18H16ClFN2O2S/c1-12-10-22(17(23)11-24-16-5-3-2-4-15(16)20)18(25-12)21-14-8-6-13(19)7-9-14/h2-9,12H,10-11H2,1H3/t12-/m1/s1. The second-order valence-electron chi connectivity index (χ2n) is 5.52. The van der Waals surface area contributed by atoms with Gasteiger partial charge in [0.25, 0.3) is 5.91 Å². The van der Waals surface area contributed by atoms with Crippen LogP contribution < -0.4 is 4.74 Å². The van der Waals surface area contributed by atoms with Crippen LogP contribution in [0.25, 0.3) is 0 Å². The molecule has 130 valence electrons. The van der Waals surface area contributed by atoms with Crippen LogP contribution in [0.2, 0.25) is 5.02 Å². The van der Waals surface area contributed by atoms with Gasteiger partial charge in [0.05, 0.1) is 5.69 Å². The van der Waals surface area contributed by atoms with Gasteiger partial charge in [-0.2, -0.15) is 0 Å². The van der Waals surface area contributed by atoms with Crippen molar-refractivity contribution >= 4 is 40.1 Å². The van der Waals surface area contributed by atoms with Gasteiger partial charge in [-0.25, -0.2) is 9.38 Å². The van der Waals surface area contributed by atoms with Gasteiger partial charge in [0.15, 0.2) is 23.3 Å². The zero-order valence-electron chi connectivity index (χ0n) is 13.5. The summed E-state index contributed by atoms with van der Waals surface area (Å²) in [6.45, 7) is 2.32. The van der Waals surface area contributed by atoms with Gasteiger partial charge in [-0.15, -0.1) is 0 Å². The Bertz CT molecular complexity index is 798. The highest BCUT2D eigenvalue weighted by Crippen LogP contribution is 2.29. The molecule has 1 atom stereocenters. The van der Waals surface area contributed by atoms with Crippen LogP contribution in [0.5, 0.6) is 5.75 Å². The number of nitrogens with zero attached hydrogens (tertiary/aromatic N) is 2. The third kappa shape index (κ3) is 4.52. The predicted octanol–water partition coefficient (Wildman–Crippen LogP) is 4.51. The van der Waals surface area contributed by atoms with E-state index in [0.29, 0.717) is 22.4 Å². The molecule has 0 spiro atoms. The number of rotatable bonds is 4. The number of carbonyl (C=O) groups excluding carboxylic acids is 1. The first-order valence-corrected chi connectivity index (χ1v) is 8.97. The number of benzene rings is 2. The van der Waals surface area contributed by atoms with Gasteiger partial charge in [-0.1, -0.05) is 42.4 Å². The Kier molecular flexibility index (Phi) is 5.60. The molecule has 1 fully saturated rings. The van der Waals surface area contributed by atoms with Crippen molar-refractivity contribution in [1.82, 2.24) is 4.90 Å². The first kappa shape index (κ1) is 17.8. The molecular weight excluding hydrogens is 363 g/mol. The molecule has 1 aliphatic rings. The molecule has 7 heteroatoms. The largest absolute Gasteiger partial charge is 0.481 e. The normalized spacial score (nSPS) is 18.6. The van der Waals surface area contributed by atoms with Gasteiger partial charge in [-0.3, -0.25) is 9.69 Å². The zero-order chi connectivity index (χ0) is 17.8. The van der Waals surface area contributed by atoms with E-state index in [4.69, 9.17) is 16.3 Å². The van der Waals surface area contributed by atoms with Gasteiger partial charge in [0.2, 0.25) is 0 Å². The fourth-order valence-electron chi connectivity index (χ4n) is 2.32. The summed E-state index contributed by atoms with van der Waals surface area (Å²) in [5.41, 5.74) is 0.717. The molecule has 25 heavy (non-hydrogen) atoms. The molecule has 1 aliphatic heterocycles. The Hall–Kier alpha value is -2.05. The first-order valence-electron chi connectivity index (χ1n) is 7.71. The minimum atomic E-state index is -0.491. The molecule has 0 N–H and O–H groups in total. The second-order valence-corrected chi connectivity index (χ2v) is 7.36. The van der Waals surface area contributed by atoms with Crippen molar-refractivity contribution in [3.8, 4) is 5.75 Å². The molecule has 0 bridgehead atoms. The summed E-state index contributed by atoms with van der Waals surface area (Å²) in [6, 6.07) is 13.1. The number of hydrogen-bond acceptors (Lipinski definition) is 4. The van der Waals surface area contributed by atoms with E-state index in [9.17, 15) is 9.18 Å². The van der Waals surface area contributed by atoms with E-state index in [1.807, 2.05) is 6.92 Å². The maximum Gasteiger partial charge on any atom is 0.266 e. The molecule has 0 unspecified atom stereocenters. The number of hydrogen-bond donors (Lipinski definition) is 0. The maximum absolute atomic E-state index is 13.6. The molecule has 1 heterocycles. The highest BCUT2D eigenvalue weighted by Gasteiger charge is 2.31. The maximum atomic E-state index is 13.6. The van der Waals surface area contributed by atoms with Crippen LogP contribution in [0.15, 0.2) is 53.5 Å². The summed E-state index contributed by atoms with van der Waals surface area (Å²) in [5, 5.41) is 1.46. The number of amidine groups is 1. The molecule has 0 aliphatic carbocycles. The molecule has 0 saturated carbocycles. The molecule has 3 rings (SSSR count). The Balaban J connectivity index is 1.71. The molecule has 1 saturated heterocycles. The van der Waals surface area contributed by atoms with Gasteiger partial charge in [-0.05, 0) is 36.4 Å². The molecular formula is C18H16ClFN2O2S. The van der Waals surface area contributed by atoms with E-state index in [0.717, 1.165) is 0 Å². The number of para-hydroxylation sites is 1. The van der Waals surface area contributed by atoms with E-state index in [2.05, 4.69) is 4.99 Å². The molecule has 0 radical (unpaired) electrons. The molecule has 2 aromatic rings. The van der Waals surface area contributed by atoms with Crippen LogP contribution in [-0.4, -0.2) is 34.4 Å². The summed E-state index contributed by atoms with van der Waals surface area (Å²) in [7, 11) is 0. The second kappa shape index (κ2) is 7.89. The van der Waals surface area contributed by atoms with Gasteiger partial charge in [0.1, 0.15) is 0 Å². The fourth-order valence-corrected chi connectivity index (χ4v) is 3.49. The minimum absolute atomic E-state index is 0.0620. The quantitative estimate of drug-likeness (QED) is 0.786. The van der Waals surface area contributed by atoms with Crippen molar-refractivity contribution in [2.24, 2.45) is 4.99 Å². The number of aliphatic imine (C=N–C) groups is 1. The highest BCUT2D eigenvalue weighted by atomic mass is 35.5. The third-order valence-electron chi connectivity index (χ3n) is 3.52.